The summed E-state index contributed by atoms with van der Waals surface area (Å²) in [6.07, 6.45) is 0. The quantitative estimate of drug-likeness (QED) is 0.454. The van der Waals surface area contributed by atoms with E-state index in [9.17, 15) is 8.76 Å². The predicted molar refractivity (Wildman–Crippen MR) is 82.0 cm³/mol. The molecule has 0 fully saturated rings. The van der Waals surface area contributed by atoms with Gasteiger partial charge in [-0.2, -0.15) is 10.2 Å². The molecular weight excluding hydrogens is 313 g/mol. The molecule has 1 atom stereocenters. The third kappa shape index (κ3) is 5.86. The van der Waals surface area contributed by atoms with E-state index in [0.717, 1.165) is 11.4 Å². The summed E-state index contributed by atoms with van der Waals surface area (Å²) >= 11 is -2.57. The molecule has 1 unspecified atom stereocenters. The van der Waals surface area contributed by atoms with Crippen LogP contribution in [-0.4, -0.2) is 22.9 Å². The van der Waals surface area contributed by atoms with E-state index in [2.05, 4.69) is 14.4 Å². The van der Waals surface area contributed by atoms with E-state index in [0.29, 0.717) is 5.69 Å². The molecule has 0 saturated heterocycles. The van der Waals surface area contributed by atoms with Crippen LogP contribution in [-0.2, 0) is 11.4 Å². The van der Waals surface area contributed by atoms with Gasteiger partial charge in [0.15, 0.2) is 0 Å². The van der Waals surface area contributed by atoms with E-state index in [1.807, 2.05) is 43.3 Å². The fourth-order valence-electron chi connectivity index (χ4n) is 1.58. The number of azo groups is 1. The molecule has 0 aromatic heterocycles. The third-order valence-electron chi connectivity index (χ3n) is 2.65. The van der Waals surface area contributed by atoms with E-state index in [-0.39, 0.29) is 36.7 Å². The standard InChI is InChI=1S/C14H15N3O3S.Na.H/c1-17(2)13-7-3-11(4-8-13)15-16-12-5-9-14(10-6-12)20-21(18)19;;/h3-10H,1-2H3,(H,18,19);;/q;+1;-1/p-1. The molecule has 8 heteroatoms. The molecule has 2 rings (SSSR count). The second-order valence-electron chi connectivity index (χ2n) is 4.39. The summed E-state index contributed by atoms with van der Waals surface area (Å²) in [7, 11) is 3.93. The minimum Gasteiger partial charge on any atom is -1.00 e. The van der Waals surface area contributed by atoms with Gasteiger partial charge in [0.05, 0.1) is 11.4 Å². The smallest absolute Gasteiger partial charge is 1.00 e. The molecule has 0 spiro atoms. The zero-order valence-corrected chi connectivity index (χ0v) is 15.4. The van der Waals surface area contributed by atoms with Crippen LogP contribution in [0.5, 0.6) is 5.75 Å². The van der Waals surface area contributed by atoms with Gasteiger partial charge in [0.2, 0.25) is 0 Å². The van der Waals surface area contributed by atoms with Crippen LogP contribution < -0.4 is 38.6 Å². The molecule has 6 nitrogen and oxygen atoms in total. The van der Waals surface area contributed by atoms with Crippen LogP contribution in [0.2, 0.25) is 0 Å². The van der Waals surface area contributed by atoms with Crippen molar-refractivity contribution in [3.8, 4) is 5.75 Å². The SMILES string of the molecule is CN(C)c1ccc(N=Nc2ccc(OS(=O)[O-])cc2)cc1.[H-].[Na+]. The minimum atomic E-state index is -2.57. The van der Waals surface area contributed by atoms with Gasteiger partial charge in [0, 0.05) is 19.8 Å². The summed E-state index contributed by atoms with van der Waals surface area (Å²) in [4.78, 5) is 2.00. The maximum Gasteiger partial charge on any atom is 1.00 e. The average molecular weight is 328 g/mol. The molecule has 0 bridgehead atoms. The van der Waals surface area contributed by atoms with Gasteiger partial charge in [-0.15, -0.1) is 0 Å². The maximum absolute atomic E-state index is 10.4. The van der Waals surface area contributed by atoms with Crippen molar-refractivity contribution in [2.24, 2.45) is 10.2 Å². The molecule has 0 amide bonds. The molecule has 0 N–H and O–H groups in total. The Morgan fingerprint density at radius 1 is 1.00 bits per heavy atom. The number of hydrogen-bond donors (Lipinski definition) is 0. The molecule has 0 radical (unpaired) electrons. The van der Waals surface area contributed by atoms with Crippen LogP contribution >= 0.6 is 0 Å². The van der Waals surface area contributed by atoms with Crippen molar-refractivity contribution in [2.45, 2.75) is 0 Å². The van der Waals surface area contributed by atoms with E-state index in [1.165, 1.54) is 12.1 Å². The average Bonchev–Trinajstić information content (AvgIpc) is 2.46. The van der Waals surface area contributed by atoms with Crippen molar-refractivity contribution in [1.82, 2.24) is 0 Å². The molecule has 0 aliphatic carbocycles. The topological polar surface area (TPSA) is 77.3 Å². The fourth-order valence-corrected chi connectivity index (χ4v) is 1.85. The van der Waals surface area contributed by atoms with Crippen molar-refractivity contribution in [3.63, 3.8) is 0 Å². The molecule has 0 aliphatic rings. The van der Waals surface area contributed by atoms with Gasteiger partial charge in [-0.1, -0.05) is 0 Å². The number of anilines is 1. The second-order valence-corrected chi connectivity index (χ2v) is 4.97. The first-order chi connectivity index (χ1) is 10.0. The summed E-state index contributed by atoms with van der Waals surface area (Å²) in [6, 6.07) is 13.9. The van der Waals surface area contributed by atoms with E-state index >= 15 is 0 Å². The van der Waals surface area contributed by atoms with E-state index in [1.54, 1.807) is 12.1 Å². The van der Waals surface area contributed by atoms with Gasteiger partial charge < -0.3 is 15.1 Å². The van der Waals surface area contributed by atoms with Crippen LogP contribution in [0, 0.1) is 0 Å². The minimum absolute atomic E-state index is 0. The van der Waals surface area contributed by atoms with Crippen LogP contribution in [0.25, 0.3) is 0 Å². The Morgan fingerprint density at radius 3 is 1.86 bits per heavy atom. The number of rotatable bonds is 5. The van der Waals surface area contributed by atoms with Crippen molar-refractivity contribution < 1.29 is 43.9 Å². The second kappa shape index (κ2) is 9.02. The van der Waals surface area contributed by atoms with Gasteiger partial charge in [0.25, 0.3) is 0 Å². The zero-order valence-electron chi connectivity index (χ0n) is 13.6. The van der Waals surface area contributed by atoms with Crippen LogP contribution in [0.4, 0.5) is 17.1 Å². The zero-order chi connectivity index (χ0) is 15.2. The Labute approximate surface area is 155 Å². The van der Waals surface area contributed by atoms with Crippen LogP contribution in [0.1, 0.15) is 1.43 Å². The third-order valence-corrected chi connectivity index (χ3v) is 2.98. The molecule has 0 saturated carbocycles. The van der Waals surface area contributed by atoms with Gasteiger partial charge in [-0.05, 0) is 48.5 Å². The van der Waals surface area contributed by atoms with Crippen LogP contribution in [0.15, 0.2) is 58.8 Å². The maximum atomic E-state index is 10.4. The predicted octanol–water partition coefficient (Wildman–Crippen LogP) is 0.457. The van der Waals surface area contributed by atoms with Gasteiger partial charge in [-0.3, -0.25) is 0 Å². The monoisotopic (exact) mass is 328 g/mol. The largest absolute Gasteiger partial charge is 1.00 e. The van der Waals surface area contributed by atoms with Gasteiger partial charge in [0.1, 0.15) is 17.1 Å². The Morgan fingerprint density at radius 2 is 1.45 bits per heavy atom. The fraction of sp³-hybridized carbons (Fsp3) is 0.143. The van der Waals surface area contributed by atoms with Crippen molar-refractivity contribution in [1.29, 1.82) is 0 Å². The first kappa shape index (κ1) is 18.8. The number of nitrogens with zero attached hydrogens (tertiary/aromatic N) is 3. The Kier molecular flexibility index (Phi) is 7.70. The Hall–Kier alpha value is -1.25. The van der Waals surface area contributed by atoms with Crippen LogP contribution in [0.3, 0.4) is 0 Å². The summed E-state index contributed by atoms with van der Waals surface area (Å²) < 4.78 is 25.3. The molecule has 2 aromatic carbocycles. The van der Waals surface area contributed by atoms with Crippen molar-refractivity contribution in [2.75, 3.05) is 19.0 Å². The van der Waals surface area contributed by atoms with Crippen molar-refractivity contribution in [3.05, 3.63) is 48.5 Å². The molecule has 0 heterocycles. The summed E-state index contributed by atoms with van der Waals surface area (Å²) in [5.41, 5.74) is 2.43. The molecular formula is C14H15N3NaO3S-. The van der Waals surface area contributed by atoms with Gasteiger partial charge in [-0.25, -0.2) is 4.21 Å². The number of hydrogen-bond acceptors (Lipinski definition) is 6. The first-order valence-corrected chi connectivity index (χ1v) is 7.11. The number of benzene rings is 2. The Bertz CT molecular complexity index is 651. The first-order valence-electron chi connectivity index (χ1n) is 6.11. The van der Waals surface area contributed by atoms with Gasteiger partial charge >= 0.3 is 29.6 Å². The summed E-state index contributed by atoms with van der Waals surface area (Å²) in [5.74, 6) is 0.234. The Balaban J connectivity index is 0.00000242. The molecule has 22 heavy (non-hydrogen) atoms. The van der Waals surface area contributed by atoms with E-state index in [4.69, 9.17) is 0 Å². The van der Waals surface area contributed by atoms with E-state index < -0.39 is 11.4 Å². The summed E-state index contributed by atoms with van der Waals surface area (Å²) in [5, 5.41) is 8.18. The van der Waals surface area contributed by atoms with Crippen molar-refractivity contribution >= 4 is 28.4 Å². The molecule has 112 valence electrons. The molecule has 0 aliphatic heterocycles. The summed E-state index contributed by atoms with van der Waals surface area (Å²) in [6.45, 7) is 0. The molecule has 2 aromatic rings. The normalized spacial score (nSPS) is 11.8.